The summed E-state index contributed by atoms with van der Waals surface area (Å²) >= 11 is 0. The molecule has 0 aliphatic heterocycles. The second-order valence-electron chi connectivity index (χ2n) is 3.83. The van der Waals surface area contributed by atoms with Crippen LogP contribution < -0.4 is 10.5 Å². The minimum atomic E-state index is -4.66. The highest BCUT2D eigenvalue weighted by Gasteiger charge is 2.31. The number of hydrogen-bond acceptors (Lipinski definition) is 3. The van der Waals surface area contributed by atoms with Gasteiger partial charge in [0.05, 0.1) is 0 Å². The third-order valence-corrected chi connectivity index (χ3v) is 2.35. The fourth-order valence-corrected chi connectivity index (χ4v) is 1.54. The first-order valence-electron chi connectivity index (χ1n) is 5.05. The monoisotopic (exact) mass is 248 g/mol. The number of ether oxygens (including phenoxy) is 1. The van der Waals surface area contributed by atoms with Gasteiger partial charge in [0.25, 0.3) is 0 Å². The lowest BCUT2D eigenvalue weighted by Crippen LogP contribution is -2.27. The van der Waals surface area contributed by atoms with Crippen molar-refractivity contribution in [1.82, 2.24) is 4.90 Å². The van der Waals surface area contributed by atoms with Crippen LogP contribution in [0, 0.1) is 0 Å². The fraction of sp³-hybridized carbons (Fsp3) is 0.455. The number of halogens is 3. The number of benzene rings is 1. The van der Waals surface area contributed by atoms with E-state index in [0.717, 1.165) is 5.56 Å². The lowest BCUT2D eigenvalue weighted by atomic mass is 10.1. The van der Waals surface area contributed by atoms with Crippen LogP contribution in [0.5, 0.6) is 5.75 Å². The van der Waals surface area contributed by atoms with Gasteiger partial charge in [0, 0.05) is 12.6 Å². The lowest BCUT2D eigenvalue weighted by molar-refractivity contribution is -0.274. The van der Waals surface area contributed by atoms with Gasteiger partial charge in [0.15, 0.2) is 0 Å². The molecule has 0 heterocycles. The van der Waals surface area contributed by atoms with Gasteiger partial charge in [-0.3, -0.25) is 0 Å². The Hall–Kier alpha value is -1.27. The fourth-order valence-electron chi connectivity index (χ4n) is 1.54. The third-order valence-electron chi connectivity index (χ3n) is 2.35. The molecule has 17 heavy (non-hydrogen) atoms. The smallest absolute Gasteiger partial charge is 0.406 e. The van der Waals surface area contributed by atoms with Gasteiger partial charge in [-0.25, -0.2) is 0 Å². The normalized spacial score (nSPS) is 13.8. The van der Waals surface area contributed by atoms with Crippen LogP contribution in [0.3, 0.4) is 0 Å². The molecule has 0 saturated carbocycles. The number of nitrogens with zero attached hydrogens (tertiary/aromatic N) is 1. The molecule has 0 fully saturated rings. The summed E-state index contributed by atoms with van der Waals surface area (Å²) in [4.78, 5) is 1.90. The van der Waals surface area contributed by atoms with Crippen molar-refractivity contribution in [2.45, 2.75) is 12.4 Å². The highest BCUT2D eigenvalue weighted by molar-refractivity contribution is 5.29. The number of rotatable bonds is 4. The molecule has 1 unspecified atom stereocenters. The first-order valence-corrected chi connectivity index (χ1v) is 5.05. The van der Waals surface area contributed by atoms with Gasteiger partial charge in [0.2, 0.25) is 0 Å². The van der Waals surface area contributed by atoms with Crippen LogP contribution in [0.4, 0.5) is 13.2 Å². The van der Waals surface area contributed by atoms with Gasteiger partial charge < -0.3 is 15.4 Å². The molecule has 0 saturated heterocycles. The maximum Gasteiger partial charge on any atom is 0.573 e. The Morgan fingerprint density at radius 1 is 1.24 bits per heavy atom. The minimum absolute atomic E-state index is 0.0186. The molecule has 0 aliphatic rings. The molecule has 96 valence electrons. The van der Waals surface area contributed by atoms with E-state index in [-0.39, 0.29) is 11.8 Å². The summed E-state index contributed by atoms with van der Waals surface area (Å²) in [6, 6.07) is 5.72. The third kappa shape index (κ3) is 4.24. The average molecular weight is 248 g/mol. The average Bonchev–Trinajstić information content (AvgIpc) is 2.18. The van der Waals surface area contributed by atoms with E-state index >= 15 is 0 Å². The molecule has 0 bridgehead atoms. The van der Waals surface area contributed by atoms with Crippen LogP contribution in [0.1, 0.15) is 11.6 Å². The molecule has 1 aromatic carbocycles. The predicted molar refractivity (Wildman–Crippen MR) is 58.6 cm³/mol. The van der Waals surface area contributed by atoms with E-state index in [1.165, 1.54) is 12.1 Å². The number of alkyl halides is 3. The Bertz CT molecular complexity index is 349. The molecule has 3 nitrogen and oxygen atoms in total. The molecule has 6 heteroatoms. The van der Waals surface area contributed by atoms with E-state index < -0.39 is 6.36 Å². The zero-order valence-electron chi connectivity index (χ0n) is 9.66. The predicted octanol–water partition coefficient (Wildman–Crippen LogP) is 2.15. The summed E-state index contributed by atoms with van der Waals surface area (Å²) in [6.45, 7) is 0.395. The van der Waals surface area contributed by atoms with Crippen LogP contribution in [-0.4, -0.2) is 31.9 Å². The van der Waals surface area contributed by atoms with Gasteiger partial charge in [0.1, 0.15) is 5.75 Å². The molecule has 1 aromatic rings. The van der Waals surface area contributed by atoms with Crippen molar-refractivity contribution >= 4 is 0 Å². The molecule has 0 amide bonds. The Labute approximate surface area is 98.0 Å². The minimum Gasteiger partial charge on any atom is -0.406 e. The molecule has 0 spiro atoms. The summed E-state index contributed by atoms with van der Waals surface area (Å²) < 4.78 is 39.6. The summed E-state index contributed by atoms with van der Waals surface area (Å²) in [5, 5.41) is 0. The van der Waals surface area contributed by atoms with Crippen LogP contribution in [0.25, 0.3) is 0 Å². The van der Waals surface area contributed by atoms with Crippen LogP contribution in [-0.2, 0) is 0 Å². The molecule has 1 rings (SSSR count). The van der Waals surface area contributed by atoms with Gasteiger partial charge in [-0.2, -0.15) is 0 Å². The Morgan fingerprint density at radius 3 is 2.12 bits per heavy atom. The van der Waals surface area contributed by atoms with Gasteiger partial charge >= 0.3 is 6.36 Å². The number of likely N-dealkylation sites (N-methyl/N-ethyl adjacent to an activating group) is 1. The van der Waals surface area contributed by atoms with E-state index in [0.29, 0.717) is 6.54 Å². The number of hydrogen-bond donors (Lipinski definition) is 1. The van der Waals surface area contributed by atoms with Crippen molar-refractivity contribution < 1.29 is 17.9 Å². The van der Waals surface area contributed by atoms with E-state index in [4.69, 9.17) is 5.73 Å². The van der Waals surface area contributed by atoms with Gasteiger partial charge in [-0.1, -0.05) is 12.1 Å². The van der Waals surface area contributed by atoms with Gasteiger partial charge in [-0.05, 0) is 31.8 Å². The van der Waals surface area contributed by atoms with Crippen LogP contribution in [0.2, 0.25) is 0 Å². The molecular formula is C11H15F3N2O. The molecule has 0 aromatic heterocycles. The van der Waals surface area contributed by atoms with Crippen molar-refractivity contribution in [2.75, 3.05) is 20.6 Å². The van der Waals surface area contributed by atoms with E-state index in [1.807, 2.05) is 19.0 Å². The first-order chi connectivity index (χ1) is 7.83. The summed E-state index contributed by atoms with van der Waals surface area (Å²) in [5.41, 5.74) is 6.45. The highest BCUT2D eigenvalue weighted by atomic mass is 19.4. The van der Waals surface area contributed by atoms with E-state index in [9.17, 15) is 13.2 Å². The SMILES string of the molecule is CN(C)C(CN)c1ccc(OC(F)(F)F)cc1. The van der Waals surface area contributed by atoms with E-state index in [1.54, 1.807) is 12.1 Å². The van der Waals surface area contributed by atoms with Crippen molar-refractivity contribution in [2.24, 2.45) is 5.73 Å². The van der Waals surface area contributed by atoms with Crippen molar-refractivity contribution in [3.63, 3.8) is 0 Å². The largest absolute Gasteiger partial charge is 0.573 e. The topological polar surface area (TPSA) is 38.5 Å². The quantitative estimate of drug-likeness (QED) is 0.887. The Balaban J connectivity index is 2.80. The van der Waals surface area contributed by atoms with Crippen molar-refractivity contribution in [3.8, 4) is 5.75 Å². The van der Waals surface area contributed by atoms with Crippen LogP contribution in [0.15, 0.2) is 24.3 Å². The van der Waals surface area contributed by atoms with Crippen molar-refractivity contribution in [1.29, 1.82) is 0 Å². The highest BCUT2D eigenvalue weighted by Crippen LogP contribution is 2.25. The molecule has 1 atom stereocenters. The van der Waals surface area contributed by atoms with E-state index in [2.05, 4.69) is 4.74 Å². The summed E-state index contributed by atoms with van der Waals surface area (Å²) in [7, 11) is 3.72. The zero-order valence-corrected chi connectivity index (χ0v) is 9.66. The van der Waals surface area contributed by atoms with Crippen LogP contribution >= 0.6 is 0 Å². The second kappa shape index (κ2) is 5.37. The standard InChI is InChI=1S/C11H15F3N2O/c1-16(2)10(7-15)8-3-5-9(6-4-8)17-11(12,13)14/h3-6,10H,7,15H2,1-2H3. The molecular weight excluding hydrogens is 233 g/mol. The lowest BCUT2D eigenvalue weighted by Gasteiger charge is -2.23. The van der Waals surface area contributed by atoms with Gasteiger partial charge in [-0.15, -0.1) is 13.2 Å². The zero-order chi connectivity index (χ0) is 13.1. The first kappa shape index (κ1) is 13.8. The Kier molecular flexibility index (Phi) is 4.36. The maximum absolute atomic E-state index is 11.9. The molecule has 2 N–H and O–H groups in total. The van der Waals surface area contributed by atoms with Crippen molar-refractivity contribution in [3.05, 3.63) is 29.8 Å². The Morgan fingerprint density at radius 2 is 1.76 bits per heavy atom. The molecule has 0 aliphatic carbocycles. The second-order valence-corrected chi connectivity index (χ2v) is 3.83. The molecule has 0 radical (unpaired) electrons. The summed E-state index contributed by atoms with van der Waals surface area (Å²) in [5.74, 6) is -0.226. The maximum atomic E-state index is 11.9. The number of nitrogens with two attached hydrogens (primary N) is 1. The summed E-state index contributed by atoms with van der Waals surface area (Å²) in [6.07, 6.45) is -4.66.